The van der Waals surface area contributed by atoms with E-state index in [1.54, 1.807) is 36.9 Å². The molecule has 8 heteroatoms. The molecule has 0 unspecified atom stereocenters. The maximum absolute atomic E-state index is 12.8. The Morgan fingerprint density at radius 1 is 1.22 bits per heavy atom. The van der Waals surface area contributed by atoms with Gasteiger partial charge in [0.1, 0.15) is 11.8 Å². The SMILES string of the molecule is COc1ccc(C)cc1N([C@H](C)C(=O)Nc1cccc(SC)c1)S(C)(=O)=O. The van der Waals surface area contributed by atoms with Gasteiger partial charge in [-0.3, -0.25) is 9.10 Å². The summed E-state index contributed by atoms with van der Waals surface area (Å²) in [6.45, 7) is 3.40. The highest BCUT2D eigenvalue weighted by atomic mass is 32.2. The molecule has 0 aromatic heterocycles. The van der Waals surface area contributed by atoms with Gasteiger partial charge in [0.15, 0.2) is 0 Å². The number of nitrogens with one attached hydrogen (secondary N) is 1. The van der Waals surface area contributed by atoms with E-state index >= 15 is 0 Å². The van der Waals surface area contributed by atoms with Crippen molar-refractivity contribution in [1.29, 1.82) is 0 Å². The van der Waals surface area contributed by atoms with Crippen molar-refractivity contribution in [3.63, 3.8) is 0 Å². The molecule has 0 fully saturated rings. The van der Waals surface area contributed by atoms with Crippen molar-refractivity contribution < 1.29 is 17.9 Å². The Balaban J connectivity index is 2.39. The highest BCUT2D eigenvalue weighted by Gasteiger charge is 2.31. The normalized spacial score (nSPS) is 12.3. The standard InChI is InChI=1S/C19H24N2O4S2/c1-13-9-10-18(25-3)17(11-13)21(27(5,23)24)14(2)19(22)20-15-7-6-8-16(12-15)26-4/h6-12,14H,1-5H3,(H,20,22)/t14-/m1/s1. The smallest absolute Gasteiger partial charge is 0.247 e. The number of rotatable bonds is 7. The minimum absolute atomic E-state index is 0.334. The molecule has 146 valence electrons. The minimum atomic E-state index is -3.73. The second-order valence-corrected chi connectivity index (χ2v) is 8.87. The zero-order valence-corrected chi connectivity index (χ0v) is 17.6. The first-order valence-corrected chi connectivity index (χ1v) is 11.3. The average Bonchev–Trinajstić information content (AvgIpc) is 2.61. The first kappa shape index (κ1) is 21.1. The molecule has 0 saturated heterocycles. The lowest BCUT2D eigenvalue weighted by Crippen LogP contribution is -2.45. The number of carbonyl (C=O) groups is 1. The van der Waals surface area contributed by atoms with Gasteiger partial charge < -0.3 is 10.1 Å². The van der Waals surface area contributed by atoms with Crippen molar-refractivity contribution in [2.45, 2.75) is 24.8 Å². The molecule has 0 radical (unpaired) electrons. The van der Waals surface area contributed by atoms with Gasteiger partial charge in [0, 0.05) is 10.6 Å². The molecule has 0 aliphatic heterocycles. The number of sulfonamides is 1. The van der Waals surface area contributed by atoms with Crippen LogP contribution in [-0.2, 0) is 14.8 Å². The summed E-state index contributed by atoms with van der Waals surface area (Å²) in [5, 5.41) is 2.79. The number of aryl methyl sites for hydroxylation is 1. The lowest BCUT2D eigenvalue weighted by atomic mass is 10.2. The first-order valence-electron chi connectivity index (χ1n) is 8.26. The van der Waals surface area contributed by atoms with E-state index in [2.05, 4.69) is 5.32 Å². The third kappa shape index (κ3) is 5.17. The van der Waals surface area contributed by atoms with Gasteiger partial charge in [-0.05, 0) is 56.0 Å². The molecule has 6 nitrogen and oxygen atoms in total. The van der Waals surface area contributed by atoms with Crippen LogP contribution in [0.1, 0.15) is 12.5 Å². The Morgan fingerprint density at radius 3 is 2.52 bits per heavy atom. The van der Waals surface area contributed by atoms with E-state index < -0.39 is 22.0 Å². The second-order valence-electron chi connectivity index (χ2n) is 6.13. The first-order chi connectivity index (χ1) is 12.7. The zero-order valence-electron chi connectivity index (χ0n) is 16.0. The third-order valence-electron chi connectivity index (χ3n) is 4.00. The van der Waals surface area contributed by atoms with E-state index in [0.717, 1.165) is 21.0 Å². The van der Waals surface area contributed by atoms with Crippen molar-refractivity contribution in [2.24, 2.45) is 0 Å². The van der Waals surface area contributed by atoms with Crippen molar-refractivity contribution in [2.75, 3.05) is 29.2 Å². The summed E-state index contributed by atoms with van der Waals surface area (Å²) in [6.07, 6.45) is 3.02. The van der Waals surface area contributed by atoms with Crippen LogP contribution in [0.3, 0.4) is 0 Å². The molecule has 0 bridgehead atoms. The van der Waals surface area contributed by atoms with E-state index in [0.29, 0.717) is 17.1 Å². The highest BCUT2D eigenvalue weighted by Crippen LogP contribution is 2.33. The minimum Gasteiger partial charge on any atom is -0.495 e. The number of hydrogen-bond donors (Lipinski definition) is 1. The summed E-state index contributed by atoms with van der Waals surface area (Å²) >= 11 is 1.56. The number of methoxy groups -OCH3 is 1. The number of amides is 1. The van der Waals surface area contributed by atoms with E-state index in [-0.39, 0.29) is 0 Å². The van der Waals surface area contributed by atoms with Crippen LogP contribution in [0.4, 0.5) is 11.4 Å². The molecule has 2 rings (SSSR count). The van der Waals surface area contributed by atoms with Gasteiger partial charge in [-0.15, -0.1) is 11.8 Å². The molecule has 0 aliphatic carbocycles. The molecule has 1 N–H and O–H groups in total. The van der Waals surface area contributed by atoms with Crippen LogP contribution in [0.5, 0.6) is 5.75 Å². The maximum atomic E-state index is 12.8. The van der Waals surface area contributed by atoms with E-state index in [1.165, 1.54) is 7.11 Å². The van der Waals surface area contributed by atoms with Crippen LogP contribution in [0.15, 0.2) is 47.4 Å². The van der Waals surface area contributed by atoms with E-state index in [9.17, 15) is 13.2 Å². The summed E-state index contributed by atoms with van der Waals surface area (Å²) in [7, 11) is -2.26. The third-order valence-corrected chi connectivity index (χ3v) is 5.95. The molecule has 1 atom stereocenters. The van der Waals surface area contributed by atoms with Gasteiger partial charge in [-0.25, -0.2) is 8.42 Å². The predicted octanol–water partition coefficient (Wildman–Crippen LogP) is 3.52. The summed E-state index contributed by atoms with van der Waals surface area (Å²) in [5.41, 5.74) is 1.81. The Morgan fingerprint density at radius 2 is 1.93 bits per heavy atom. The van der Waals surface area contributed by atoms with Gasteiger partial charge in [0.25, 0.3) is 0 Å². The number of ether oxygens (including phenoxy) is 1. The number of nitrogens with zero attached hydrogens (tertiary/aromatic N) is 1. The summed E-state index contributed by atoms with van der Waals surface area (Å²) in [5.74, 6) is -0.0442. The largest absolute Gasteiger partial charge is 0.495 e. The maximum Gasteiger partial charge on any atom is 0.247 e. The molecule has 0 aliphatic rings. The number of anilines is 2. The molecule has 0 spiro atoms. The second kappa shape index (κ2) is 8.67. The highest BCUT2D eigenvalue weighted by molar-refractivity contribution is 7.98. The molecule has 2 aromatic carbocycles. The van der Waals surface area contributed by atoms with Crippen molar-refractivity contribution in [1.82, 2.24) is 0 Å². The predicted molar refractivity (Wildman–Crippen MR) is 111 cm³/mol. The molecule has 0 saturated carbocycles. The molecular formula is C19H24N2O4S2. The van der Waals surface area contributed by atoms with E-state index in [1.807, 2.05) is 37.4 Å². The molecule has 0 heterocycles. The van der Waals surface area contributed by atoms with Crippen LogP contribution in [0.2, 0.25) is 0 Å². The molecule has 1 amide bonds. The zero-order chi connectivity index (χ0) is 20.2. The average molecular weight is 409 g/mol. The Hall–Kier alpha value is -2.19. The fraction of sp³-hybridized carbons (Fsp3) is 0.316. The quantitative estimate of drug-likeness (QED) is 0.710. The Kier molecular flexibility index (Phi) is 6.78. The fourth-order valence-electron chi connectivity index (χ4n) is 2.70. The van der Waals surface area contributed by atoms with E-state index in [4.69, 9.17) is 4.74 Å². The molecular weight excluding hydrogens is 384 g/mol. The number of carbonyl (C=O) groups excluding carboxylic acids is 1. The van der Waals surface area contributed by atoms with Crippen molar-refractivity contribution >= 4 is 39.1 Å². The van der Waals surface area contributed by atoms with Crippen LogP contribution in [0.25, 0.3) is 0 Å². The topological polar surface area (TPSA) is 75.7 Å². The summed E-state index contributed by atoms with van der Waals surface area (Å²) in [6, 6.07) is 11.6. The Labute approximate surface area is 165 Å². The number of benzene rings is 2. The van der Waals surface area contributed by atoms with Gasteiger partial charge in [-0.2, -0.15) is 0 Å². The number of thioether (sulfide) groups is 1. The molecule has 2 aromatic rings. The van der Waals surface area contributed by atoms with Crippen LogP contribution < -0.4 is 14.4 Å². The van der Waals surface area contributed by atoms with Gasteiger partial charge >= 0.3 is 0 Å². The number of hydrogen-bond acceptors (Lipinski definition) is 5. The van der Waals surface area contributed by atoms with Gasteiger partial charge in [0.2, 0.25) is 15.9 Å². The Bertz CT molecular complexity index is 929. The van der Waals surface area contributed by atoms with Crippen molar-refractivity contribution in [3.05, 3.63) is 48.0 Å². The van der Waals surface area contributed by atoms with Crippen LogP contribution >= 0.6 is 11.8 Å². The van der Waals surface area contributed by atoms with Gasteiger partial charge in [0.05, 0.1) is 19.1 Å². The molecule has 27 heavy (non-hydrogen) atoms. The monoisotopic (exact) mass is 408 g/mol. The lowest BCUT2D eigenvalue weighted by Gasteiger charge is -2.29. The summed E-state index contributed by atoms with van der Waals surface area (Å²) in [4.78, 5) is 13.8. The van der Waals surface area contributed by atoms with Crippen LogP contribution in [0, 0.1) is 6.92 Å². The lowest BCUT2D eigenvalue weighted by molar-refractivity contribution is -0.116. The van der Waals surface area contributed by atoms with Gasteiger partial charge in [-0.1, -0.05) is 12.1 Å². The summed E-state index contributed by atoms with van der Waals surface area (Å²) < 4.78 is 31.4. The van der Waals surface area contributed by atoms with Crippen LogP contribution in [-0.4, -0.2) is 40.0 Å². The van der Waals surface area contributed by atoms with Crippen molar-refractivity contribution in [3.8, 4) is 5.75 Å². The fourth-order valence-corrected chi connectivity index (χ4v) is 4.33.